The molecule has 144 valence electrons. The molecule has 0 nitrogen and oxygen atoms in total. The average molecular weight is 410 g/mol. The average Bonchev–Trinajstić information content (AvgIpc) is 2.41. The van der Waals surface area contributed by atoms with E-state index in [4.69, 9.17) is 33.2 Å². The van der Waals surface area contributed by atoms with E-state index in [0.29, 0.717) is 0 Å². The van der Waals surface area contributed by atoms with Crippen molar-refractivity contribution >= 4 is 39.2 Å². The molecule has 0 bridgehead atoms. The minimum absolute atomic E-state index is 0. The van der Waals surface area contributed by atoms with Gasteiger partial charge in [0.1, 0.15) is 0 Å². The Hall–Kier alpha value is 1.02. The maximum absolute atomic E-state index is 5.78. The Morgan fingerprint density at radius 2 is 1.04 bits per heavy atom. The van der Waals surface area contributed by atoms with E-state index >= 15 is 0 Å². The molecule has 0 aliphatic carbocycles. The van der Waals surface area contributed by atoms with Gasteiger partial charge >= 0.3 is 6.00 Å². The predicted octanol–water partition coefficient (Wildman–Crippen LogP) is 9.16. The van der Waals surface area contributed by atoms with Crippen molar-refractivity contribution in [2.24, 2.45) is 5.92 Å². The summed E-state index contributed by atoms with van der Waals surface area (Å²) in [5, 5.41) is 0. The fourth-order valence-electron chi connectivity index (χ4n) is 2.26. The number of unbranched alkanes of at least 4 members (excludes halogenated alkanes) is 9. The molecule has 0 atom stereocenters. The van der Waals surface area contributed by atoms with Crippen molar-refractivity contribution < 1.29 is 4.70 Å². The van der Waals surface area contributed by atoms with Crippen molar-refractivity contribution in [2.45, 2.75) is 111 Å². The van der Waals surface area contributed by atoms with Gasteiger partial charge in [-0.2, -0.15) is 0 Å². The van der Waals surface area contributed by atoms with Crippen LogP contribution in [0.4, 0.5) is 4.70 Å². The van der Waals surface area contributed by atoms with E-state index < -0.39 is 6.00 Å². The van der Waals surface area contributed by atoms with Crippen molar-refractivity contribution in [1.82, 2.24) is 0 Å². The summed E-state index contributed by atoms with van der Waals surface area (Å²) in [4.78, 5) is 0. The Kier molecular flexibility index (Phi) is 26.4. The van der Waals surface area contributed by atoms with Gasteiger partial charge in [0.05, 0.1) is 0 Å². The minimum atomic E-state index is -2.32. The summed E-state index contributed by atoms with van der Waals surface area (Å²) in [6, 6.07) is -1.50. The first-order chi connectivity index (χ1) is 10.3. The second-order valence-electron chi connectivity index (χ2n) is 6.73. The van der Waals surface area contributed by atoms with Crippen LogP contribution < -0.4 is 0 Å². The molecule has 0 heterocycles. The molecule has 0 saturated carbocycles. The standard InChI is InChI=1S/C10H21Cl3Si.C8H18.FH/c1-2-3-4-5-6-7-8-9-10-14(11,12)13;1-4-5-6-7-8(2)3;/h2-10H2,1H3;8H,4-7H2,1-3H3;1H. The van der Waals surface area contributed by atoms with Crippen LogP contribution in [0, 0.1) is 5.92 Å². The molecule has 0 spiro atoms. The molecule has 0 fully saturated rings. The largest absolute Gasteiger partial charge is 0.341 e. The first kappa shape index (κ1) is 28.8. The molecule has 23 heavy (non-hydrogen) atoms. The van der Waals surface area contributed by atoms with Crippen LogP contribution in [0.1, 0.15) is 105 Å². The summed E-state index contributed by atoms with van der Waals surface area (Å²) in [7, 11) is 0. The van der Waals surface area contributed by atoms with E-state index in [1.54, 1.807) is 0 Å². The Bertz CT molecular complexity index is 209. The quantitative estimate of drug-likeness (QED) is 0.161. The number of halogens is 4. The summed E-state index contributed by atoms with van der Waals surface area (Å²) in [5.74, 6) is 0.904. The maximum atomic E-state index is 5.78. The van der Waals surface area contributed by atoms with E-state index in [1.165, 1.54) is 70.6 Å². The zero-order chi connectivity index (χ0) is 17.3. The van der Waals surface area contributed by atoms with Gasteiger partial charge in [-0.3, -0.25) is 4.70 Å². The monoisotopic (exact) mass is 408 g/mol. The van der Waals surface area contributed by atoms with E-state index in [1.807, 2.05) is 0 Å². The summed E-state index contributed by atoms with van der Waals surface area (Å²) in [5.41, 5.74) is 0. The highest BCUT2D eigenvalue weighted by Crippen LogP contribution is 2.27. The van der Waals surface area contributed by atoms with Crippen molar-refractivity contribution in [3.05, 3.63) is 0 Å². The van der Waals surface area contributed by atoms with Gasteiger partial charge in [0.15, 0.2) is 0 Å². The lowest BCUT2D eigenvalue weighted by atomic mass is 10.1. The van der Waals surface area contributed by atoms with Crippen molar-refractivity contribution in [3.63, 3.8) is 0 Å². The molecule has 5 heteroatoms. The highest BCUT2D eigenvalue weighted by Gasteiger charge is 2.23. The maximum Gasteiger partial charge on any atom is 0.341 e. The highest BCUT2D eigenvalue weighted by atomic mass is 35.8. The van der Waals surface area contributed by atoms with Gasteiger partial charge in [0, 0.05) is 0 Å². The SMILES string of the molecule is CCCCCC(C)C.CCCCCCCCCC[Si](Cl)(Cl)Cl.F. The lowest BCUT2D eigenvalue weighted by Crippen LogP contribution is -2.07. The summed E-state index contributed by atoms with van der Waals surface area (Å²) < 4.78 is 0. The van der Waals surface area contributed by atoms with Crippen LogP contribution >= 0.6 is 33.2 Å². The molecule has 0 amide bonds. The Labute approximate surface area is 160 Å². The minimum Gasteiger partial charge on any atom is -0.269 e. The summed E-state index contributed by atoms with van der Waals surface area (Å²) in [6.07, 6.45) is 16.0. The zero-order valence-electron chi connectivity index (χ0n) is 15.8. The lowest BCUT2D eigenvalue weighted by molar-refractivity contribution is 0.534. The van der Waals surface area contributed by atoms with Gasteiger partial charge in [0.25, 0.3) is 0 Å². The third kappa shape index (κ3) is 35.1. The number of hydrogen-bond donors (Lipinski definition) is 0. The third-order valence-electron chi connectivity index (χ3n) is 3.70. The molecule has 0 radical (unpaired) electrons. The van der Waals surface area contributed by atoms with Crippen LogP contribution in [0.5, 0.6) is 0 Å². The second-order valence-corrected chi connectivity index (χ2v) is 16.0. The second kappa shape index (κ2) is 21.1. The zero-order valence-corrected chi connectivity index (χ0v) is 19.1. The summed E-state index contributed by atoms with van der Waals surface area (Å²) in [6.45, 7) is 9.07. The van der Waals surface area contributed by atoms with Gasteiger partial charge in [0.2, 0.25) is 0 Å². The molecule has 0 N–H and O–H groups in total. The van der Waals surface area contributed by atoms with Crippen molar-refractivity contribution in [2.75, 3.05) is 0 Å². The molecule has 0 aromatic carbocycles. The Balaban J connectivity index is -0.000000382. The van der Waals surface area contributed by atoms with Gasteiger partial charge in [-0.1, -0.05) is 105 Å². The number of rotatable bonds is 13. The van der Waals surface area contributed by atoms with E-state index in [2.05, 4.69) is 27.7 Å². The van der Waals surface area contributed by atoms with Gasteiger partial charge in [-0.25, -0.2) is 0 Å². The Morgan fingerprint density at radius 1 is 0.652 bits per heavy atom. The smallest absolute Gasteiger partial charge is 0.269 e. The molecule has 0 aliphatic rings. The van der Waals surface area contributed by atoms with Gasteiger partial charge < -0.3 is 0 Å². The van der Waals surface area contributed by atoms with Crippen molar-refractivity contribution in [1.29, 1.82) is 0 Å². The molecule has 0 aromatic rings. The first-order valence-electron chi connectivity index (χ1n) is 9.40. The molecule has 0 aromatic heterocycles. The van der Waals surface area contributed by atoms with Crippen LogP contribution in [0.25, 0.3) is 0 Å². The van der Waals surface area contributed by atoms with Gasteiger partial charge in [-0.05, 0) is 12.0 Å². The lowest BCUT2D eigenvalue weighted by Gasteiger charge is -2.06. The first-order valence-corrected chi connectivity index (χ1v) is 14.6. The van der Waals surface area contributed by atoms with E-state index in [0.717, 1.165) is 18.4 Å². The van der Waals surface area contributed by atoms with Crippen LogP contribution in [0.15, 0.2) is 0 Å². The highest BCUT2D eigenvalue weighted by molar-refractivity contribution is 7.64. The molecular weight excluding hydrogens is 370 g/mol. The third-order valence-corrected chi connectivity index (χ3v) is 6.32. The van der Waals surface area contributed by atoms with Crippen molar-refractivity contribution in [3.8, 4) is 0 Å². The number of hydrogen-bond acceptors (Lipinski definition) is 0. The Morgan fingerprint density at radius 3 is 1.43 bits per heavy atom. The predicted molar refractivity (Wildman–Crippen MR) is 112 cm³/mol. The fraction of sp³-hybridized carbons (Fsp3) is 1.00. The molecule has 0 saturated heterocycles. The van der Waals surface area contributed by atoms with Crippen LogP contribution in [-0.2, 0) is 0 Å². The molecule has 0 rings (SSSR count). The van der Waals surface area contributed by atoms with E-state index in [-0.39, 0.29) is 4.70 Å². The summed E-state index contributed by atoms with van der Waals surface area (Å²) >= 11 is 17.4. The van der Waals surface area contributed by atoms with E-state index in [9.17, 15) is 0 Å². The van der Waals surface area contributed by atoms with Gasteiger partial charge in [-0.15, -0.1) is 33.2 Å². The van der Waals surface area contributed by atoms with Crippen LogP contribution in [0.3, 0.4) is 0 Å². The molecule has 0 unspecified atom stereocenters. The molecule has 0 aliphatic heterocycles. The normalized spacial score (nSPS) is 11.0. The fourth-order valence-corrected chi connectivity index (χ4v) is 4.12. The molecular formula is C18H40Cl3FSi. The van der Waals surface area contributed by atoms with Crippen LogP contribution in [0.2, 0.25) is 6.04 Å². The topological polar surface area (TPSA) is 0 Å². The van der Waals surface area contributed by atoms with Crippen LogP contribution in [-0.4, -0.2) is 6.00 Å².